The molecule has 0 unspecified atom stereocenters. The van der Waals surface area contributed by atoms with E-state index in [0.717, 1.165) is 12.8 Å². The van der Waals surface area contributed by atoms with Gasteiger partial charge in [-0.1, -0.05) is 31.6 Å². The van der Waals surface area contributed by atoms with Crippen molar-refractivity contribution in [2.75, 3.05) is 0 Å². The Balaban J connectivity index is 3.45. The zero-order valence-electron chi connectivity index (χ0n) is 12.4. The number of allylic oxidation sites excluding steroid dienone is 3. The second-order valence-corrected chi connectivity index (χ2v) is 6.97. The maximum Gasteiger partial charge on any atom is 0.0248 e. The molecule has 0 aliphatic carbocycles. The van der Waals surface area contributed by atoms with Crippen molar-refractivity contribution in [1.29, 1.82) is 0 Å². The largest absolute Gasteiger partial charge is 0.0844 e. The lowest BCUT2D eigenvalue weighted by atomic mass is 9.97. The number of aryl methyl sites for hydroxylation is 2. The van der Waals surface area contributed by atoms with Crippen molar-refractivity contribution in [3.8, 4) is 0 Å². The lowest BCUT2D eigenvalue weighted by Gasteiger charge is -2.15. The predicted octanol–water partition coefficient (Wildman–Crippen LogP) is 6.60. The van der Waals surface area contributed by atoms with E-state index in [9.17, 15) is 0 Å². The fraction of sp³-hybridized carbons (Fsp3) is 0.412. The number of hydrogen-bond acceptors (Lipinski definition) is 0. The summed E-state index contributed by atoms with van der Waals surface area (Å²) in [7, 11) is 0. The van der Waals surface area contributed by atoms with E-state index in [-0.39, 0.29) is 0 Å². The summed E-state index contributed by atoms with van der Waals surface area (Å²) in [6.45, 7) is 11.0. The zero-order valence-corrected chi connectivity index (χ0v) is 16.7. The second-order valence-electron chi connectivity index (χ2n) is 4.73. The Bertz CT molecular complexity index is 523. The van der Waals surface area contributed by atoms with Crippen LogP contribution in [0.3, 0.4) is 0 Å². The fourth-order valence-electron chi connectivity index (χ4n) is 2.12. The van der Waals surface area contributed by atoms with Gasteiger partial charge in [-0.15, -0.1) is 0 Å². The average Bonchev–Trinajstić information content (AvgIpc) is 2.40. The Labute approximate surface area is 145 Å². The minimum Gasteiger partial charge on any atom is -0.0844 e. The first kappa shape index (κ1) is 17.2. The van der Waals surface area contributed by atoms with Crippen LogP contribution < -0.4 is 0 Å². The summed E-state index contributed by atoms with van der Waals surface area (Å²) in [4.78, 5) is 0. The molecule has 1 aromatic carbocycles. The quantitative estimate of drug-likeness (QED) is 0.337. The first-order valence-electron chi connectivity index (χ1n) is 6.77. The van der Waals surface area contributed by atoms with Crippen LogP contribution in [0.5, 0.6) is 0 Å². The molecule has 0 spiro atoms. The lowest BCUT2D eigenvalue weighted by Crippen LogP contribution is -1.99. The van der Waals surface area contributed by atoms with Gasteiger partial charge < -0.3 is 0 Å². The molecule has 0 saturated heterocycles. The summed E-state index contributed by atoms with van der Waals surface area (Å²) >= 11 is 4.99. The van der Waals surface area contributed by atoms with Gasteiger partial charge in [-0.2, -0.15) is 0 Å². The van der Waals surface area contributed by atoms with Crippen LogP contribution in [0.2, 0.25) is 0 Å². The number of hydrogen-bond donors (Lipinski definition) is 0. The highest BCUT2D eigenvalue weighted by molar-refractivity contribution is 14.1. The SMILES string of the molecule is C/C=C(/C=C(\I)c1c(C)c(C)cc(CC)c1I)CC. The van der Waals surface area contributed by atoms with Gasteiger partial charge in [0.05, 0.1) is 0 Å². The van der Waals surface area contributed by atoms with Crippen LogP contribution in [0.25, 0.3) is 3.58 Å². The van der Waals surface area contributed by atoms with E-state index < -0.39 is 0 Å². The fourth-order valence-corrected chi connectivity index (χ4v) is 4.94. The molecule has 0 heterocycles. The number of benzene rings is 1. The first-order chi connectivity index (χ1) is 8.96. The predicted molar refractivity (Wildman–Crippen MR) is 104 cm³/mol. The molecule has 0 saturated carbocycles. The summed E-state index contributed by atoms with van der Waals surface area (Å²) in [5.41, 5.74) is 7.09. The monoisotopic (exact) mass is 480 g/mol. The average molecular weight is 480 g/mol. The van der Waals surface area contributed by atoms with Crippen molar-refractivity contribution >= 4 is 48.8 Å². The maximum atomic E-state index is 2.50. The van der Waals surface area contributed by atoms with Crippen molar-refractivity contribution in [3.05, 3.63) is 49.6 Å². The third-order valence-corrected chi connectivity index (χ3v) is 5.65. The topological polar surface area (TPSA) is 0 Å². The van der Waals surface area contributed by atoms with Gasteiger partial charge in [0, 0.05) is 12.7 Å². The van der Waals surface area contributed by atoms with Crippen LogP contribution in [-0.4, -0.2) is 0 Å². The minimum atomic E-state index is 1.09. The third-order valence-electron chi connectivity index (χ3n) is 3.57. The van der Waals surface area contributed by atoms with Crippen LogP contribution in [0, 0.1) is 17.4 Å². The van der Waals surface area contributed by atoms with Crippen LogP contribution in [0.1, 0.15) is 49.4 Å². The molecule has 19 heavy (non-hydrogen) atoms. The summed E-state index contributed by atoms with van der Waals surface area (Å²) in [6.07, 6.45) is 6.72. The number of halogens is 2. The molecule has 0 fully saturated rings. The normalized spacial score (nSPS) is 13.0. The zero-order chi connectivity index (χ0) is 14.6. The van der Waals surface area contributed by atoms with Crippen LogP contribution >= 0.6 is 45.2 Å². The molecule has 0 bridgehead atoms. The van der Waals surface area contributed by atoms with Crippen LogP contribution in [-0.2, 0) is 6.42 Å². The van der Waals surface area contributed by atoms with Gasteiger partial charge in [0.2, 0.25) is 0 Å². The lowest BCUT2D eigenvalue weighted by molar-refractivity contribution is 1.10. The molecule has 1 aromatic rings. The minimum absolute atomic E-state index is 1.09. The van der Waals surface area contributed by atoms with Gasteiger partial charge in [-0.05, 0) is 102 Å². The Morgan fingerprint density at radius 2 is 1.89 bits per heavy atom. The maximum absolute atomic E-state index is 2.50. The highest BCUT2D eigenvalue weighted by Gasteiger charge is 2.13. The number of rotatable bonds is 4. The molecule has 0 N–H and O–H groups in total. The first-order valence-corrected chi connectivity index (χ1v) is 8.93. The van der Waals surface area contributed by atoms with Crippen molar-refractivity contribution in [1.82, 2.24) is 0 Å². The van der Waals surface area contributed by atoms with E-state index >= 15 is 0 Å². The molecule has 0 nitrogen and oxygen atoms in total. The summed E-state index contributed by atoms with van der Waals surface area (Å²) < 4.78 is 2.77. The van der Waals surface area contributed by atoms with Crippen molar-refractivity contribution in [3.63, 3.8) is 0 Å². The molecule has 2 heteroatoms. The molecule has 1 rings (SSSR count). The van der Waals surface area contributed by atoms with Gasteiger partial charge in [0.1, 0.15) is 0 Å². The molecule has 0 amide bonds. The van der Waals surface area contributed by atoms with E-state index in [1.807, 2.05) is 0 Å². The Morgan fingerprint density at radius 3 is 2.37 bits per heavy atom. The van der Waals surface area contributed by atoms with Crippen LogP contribution in [0.15, 0.2) is 23.8 Å². The molecule has 0 aromatic heterocycles. The summed E-state index contributed by atoms with van der Waals surface area (Å²) in [6, 6.07) is 2.33. The molecule has 0 radical (unpaired) electrons. The van der Waals surface area contributed by atoms with Crippen molar-refractivity contribution in [2.24, 2.45) is 0 Å². The smallest absolute Gasteiger partial charge is 0.0248 e. The van der Waals surface area contributed by atoms with Gasteiger partial charge >= 0.3 is 0 Å². The van der Waals surface area contributed by atoms with Gasteiger partial charge in [0.15, 0.2) is 0 Å². The molecular formula is C17H22I2. The van der Waals surface area contributed by atoms with E-state index in [4.69, 9.17) is 0 Å². The third kappa shape index (κ3) is 4.06. The van der Waals surface area contributed by atoms with E-state index in [1.165, 1.54) is 35.0 Å². The van der Waals surface area contributed by atoms with Gasteiger partial charge in [0.25, 0.3) is 0 Å². The van der Waals surface area contributed by atoms with E-state index in [1.54, 1.807) is 0 Å². The molecule has 0 aliphatic rings. The Morgan fingerprint density at radius 1 is 1.26 bits per heavy atom. The molecule has 104 valence electrons. The van der Waals surface area contributed by atoms with Gasteiger partial charge in [-0.25, -0.2) is 0 Å². The van der Waals surface area contributed by atoms with E-state index in [2.05, 4.69) is 98.0 Å². The molecular weight excluding hydrogens is 458 g/mol. The Hall–Kier alpha value is 0.160. The summed E-state index contributed by atoms with van der Waals surface area (Å²) in [5.74, 6) is 0. The molecule has 0 atom stereocenters. The van der Waals surface area contributed by atoms with Crippen LogP contribution in [0.4, 0.5) is 0 Å². The second kappa shape index (κ2) is 7.81. The van der Waals surface area contributed by atoms with Crippen molar-refractivity contribution in [2.45, 2.75) is 47.5 Å². The summed E-state index contributed by atoms with van der Waals surface area (Å²) in [5, 5.41) is 0. The van der Waals surface area contributed by atoms with Crippen molar-refractivity contribution < 1.29 is 0 Å². The Kier molecular flexibility index (Phi) is 7.08. The van der Waals surface area contributed by atoms with E-state index in [0.29, 0.717) is 0 Å². The highest BCUT2D eigenvalue weighted by Crippen LogP contribution is 2.34. The standard InChI is InChI=1S/C17H22I2/c1-6-13(7-2)10-15(18)16-12(5)11(4)9-14(8-3)17(16)19/h6,9-10H,7-8H2,1-5H3/b13-6+,15-10-. The molecule has 0 aliphatic heterocycles. The van der Waals surface area contributed by atoms with Gasteiger partial charge in [-0.3, -0.25) is 0 Å². The highest BCUT2D eigenvalue weighted by atomic mass is 127.